The van der Waals surface area contributed by atoms with Crippen LogP contribution in [0.3, 0.4) is 0 Å². The summed E-state index contributed by atoms with van der Waals surface area (Å²) in [7, 11) is 0. The number of rotatable bonds is 5. The monoisotopic (exact) mass is 342 g/mol. The van der Waals surface area contributed by atoms with Crippen LogP contribution in [0.25, 0.3) is 0 Å². The Bertz CT molecular complexity index is 616. The zero-order valence-electron chi connectivity index (χ0n) is 15.5. The summed E-state index contributed by atoms with van der Waals surface area (Å²) >= 11 is 0. The fourth-order valence-corrected chi connectivity index (χ4v) is 4.36. The maximum atomic E-state index is 12.6. The lowest BCUT2D eigenvalue weighted by atomic mass is 9.79. The molecule has 0 spiro atoms. The highest BCUT2D eigenvalue weighted by Crippen LogP contribution is 2.31. The summed E-state index contributed by atoms with van der Waals surface area (Å²) < 4.78 is 0. The van der Waals surface area contributed by atoms with Crippen LogP contribution < -0.4 is 5.32 Å². The number of Topliss-reactive ketones (excluding diaryl/α,β-unsaturated/α-hetero) is 1. The predicted octanol–water partition coefficient (Wildman–Crippen LogP) is 3.16. The van der Waals surface area contributed by atoms with Crippen LogP contribution in [-0.4, -0.2) is 35.2 Å². The molecule has 3 atom stereocenters. The highest BCUT2D eigenvalue weighted by atomic mass is 16.2. The van der Waals surface area contributed by atoms with Crippen molar-refractivity contribution in [2.24, 2.45) is 11.8 Å². The molecular formula is C21H30N2O2. The van der Waals surface area contributed by atoms with Gasteiger partial charge in [0.1, 0.15) is 5.78 Å². The van der Waals surface area contributed by atoms with Crippen molar-refractivity contribution in [3.63, 3.8) is 0 Å². The number of amides is 1. The van der Waals surface area contributed by atoms with E-state index in [0.717, 1.165) is 19.5 Å². The van der Waals surface area contributed by atoms with Crippen LogP contribution in [-0.2, 0) is 16.1 Å². The van der Waals surface area contributed by atoms with Gasteiger partial charge in [0.25, 0.3) is 0 Å². The van der Waals surface area contributed by atoms with Gasteiger partial charge in [-0.2, -0.15) is 0 Å². The maximum Gasteiger partial charge on any atom is 0.223 e. The second kappa shape index (κ2) is 7.69. The highest BCUT2D eigenvalue weighted by molar-refractivity contribution is 5.85. The molecule has 1 aliphatic heterocycles. The Morgan fingerprint density at radius 2 is 2.08 bits per heavy atom. The molecule has 1 aromatic carbocycles. The Morgan fingerprint density at radius 3 is 2.80 bits per heavy atom. The lowest BCUT2D eigenvalue weighted by Gasteiger charge is -2.36. The van der Waals surface area contributed by atoms with Crippen molar-refractivity contribution in [2.45, 2.75) is 58.0 Å². The van der Waals surface area contributed by atoms with E-state index < -0.39 is 0 Å². The zero-order valence-corrected chi connectivity index (χ0v) is 15.5. The number of nitrogens with zero attached hydrogens (tertiary/aromatic N) is 1. The van der Waals surface area contributed by atoms with Gasteiger partial charge in [0.15, 0.2) is 0 Å². The van der Waals surface area contributed by atoms with E-state index in [2.05, 4.69) is 41.4 Å². The molecule has 4 heteroatoms. The Balaban J connectivity index is 1.57. The second-order valence-corrected chi connectivity index (χ2v) is 8.09. The van der Waals surface area contributed by atoms with E-state index >= 15 is 0 Å². The molecular weight excluding hydrogens is 312 g/mol. The molecule has 1 saturated carbocycles. The minimum atomic E-state index is -0.00900. The van der Waals surface area contributed by atoms with Crippen molar-refractivity contribution in [3.05, 3.63) is 35.9 Å². The Hall–Kier alpha value is -1.68. The number of likely N-dealkylation sites (tertiary alicyclic amines) is 1. The molecule has 4 nitrogen and oxygen atoms in total. The van der Waals surface area contributed by atoms with Gasteiger partial charge in [-0.1, -0.05) is 37.3 Å². The first-order valence-electron chi connectivity index (χ1n) is 9.56. The van der Waals surface area contributed by atoms with E-state index in [9.17, 15) is 9.59 Å². The standard InChI is InChI=1S/C21H30N2O2/c1-16-13-18(24)9-10-19(16)20(25)22-15-21(2)11-6-12-23(21)14-17-7-4-3-5-8-17/h3-5,7-8,16,19H,6,9-15H2,1-2H3,(H,22,25)/t16-,19+,21+/m1/s1. The van der Waals surface area contributed by atoms with Crippen molar-refractivity contribution >= 4 is 11.7 Å². The number of ketones is 1. The van der Waals surface area contributed by atoms with Crippen molar-refractivity contribution < 1.29 is 9.59 Å². The van der Waals surface area contributed by atoms with E-state index in [4.69, 9.17) is 0 Å². The number of carbonyl (C=O) groups excluding carboxylic acids is 2. The minimum Gasteiger partial charge on any atom is -0.354 e. The van der Waals surface area contributed by atoms with Gasteiger partial charge in [-0.05, 0) is 44.2 Å². The molecule has 1 aromatic rings. The van der Waals surface area contributed by atoms with Gasteiger partial charge >= 0.3 is 0 Å². The van der Waals surface area contributed by atoms with Crippen LogP contribution in [0.15, 0.2) is 30.3 Å². The minimum absolute atomic E-state index is 0.00900. The summed E-state index contributed by atoms with van der Waals surface area (Å²) in [5, 5.41) is 3.20. The van der Waals surface area contributed by atoms with Crippen molar-refractivity contribution in [2.75, 3.05) is 13.1 Å². The lowest BCUT2D eigenvalue weighted by molar-refractivity contribution is -0.131. The molecule has 136 valence electrons. The molecule has 1 saturated heterocycles. The van der Waals surface area contributed by atoms with Crippen molar-refractivity contribution in [1.82, 2.24) is 10.2 Å². The summed E-state index contributed by atoms with van der Waals surface area (Å²) in [6.07, 6.45) is 4.10. The third kappa shape index (κ3) is 4.30. The first-order chi connectivity index (χ1) is 12.0. The van der Waals surface area contributed by atoms with Crippen LogP contribution in [0.4, 0.5) is 0 Å². The van der Waals surface area contributed by atoms with E-state index in [0.29, 0.717) is 31.6 Å². The molecule has 1 N–H and O–H groups in total. The van der Waals surface area contributed by atoms with E-state index in [1.54, 1.807) is 0 Å². The van der Waals surface area contributed by atoms with Gasteiger partial charge < -0.3 is 5.32 Å². The Morgan fingerprint density at radius 1 is 1.32 bits per heavy atom. The molecule has 25 heavy (non-hydrogen) atoms. The maximum absolute atomic E-state index is 12.6. The number of benzene rings is 1. The van der Waals surface area contributed by atoms with E-state index in [1.165, 1.54) is 12.0 Å². The average Bonchev–Trinajstić information content (AvgIpc) is 2.95. The molecule has 0 aromatic heterocycles. The number of carbonyl (C=O) groups is 2. The molecule has 0 unspecified atom stereocenters. The third-order valence-corrected chi connectivity index (χ3v) is 6.07. The lowest BCUT2D eigenvalue weighted by Crippen LogP contribution is -2.51. The average molecular weight is 342 g/mol. The first-order valence-corrected chi connectivity index (χ1v) is 9.56. The number of hydrogen-bond acceptors (Lipinski definition) is 3. The van der Waals surface area contributed by atoms with Crippen LogP contribution in [0.2, 0.25) is 0 Å². The predicted molar refractivity (Wildman–Crippen MR) is 99.0 cm³/mol. The van der Waals surface area contributed by atoms with Crippen molar-refractivity contribution in [1.29, 1.82) is 0 Å². The normalized spacial score (nSPS) is 30.4. The quantitative estimate of drug-likeness (QED) is 0.894. The molecule has 1 heterocycles. The number of nitrogens with one attached hydrogen (secondary N) is 1. The van der Waals surface area contributed by atoms with Crippen LogP contribution >= 0.6 is 0 Å². The fourth-order valence-electron chi connectivity index (χ4n) is 4.36. The van der Waals surface area contributed by atoms with Crippen molar-refractivity contribution in [3.8, 4) is 0 Å². The van der Waals surface area contributed by atoms with Gasteiger partial charge in [-0.15, -0.1) is 0 Å². The van der Waals surface area contributed by atoms with Crippen LogP contribution in [0.1, 0.15) is 51.5 Å². The van der Waals surface area contributed by atoms with Crippen LogP contribution in [0.5, 0.6) is 0 Å². The summed E-state index contributed by atoms with van der Waals surface area (Å²) in [5.74, 6) is 0.587. The second-order valence-electron chi connectivity index (χ2n) is 8.09. The van der Waals surface area contributed by atoms with Gasteiger partial charge in [0.2, 0.25) is 5.91 Å². The Kier molecular flexibility index (Phi) is 5.57. The largest absolute Gasteiger partial charge is 0.354 e. The summed E-state index contributed by atoms with van der Waals surface area (Å²) in [4.78, 5) is 26.7. The molecule has 1 amide bonds. The highest BCUT2D eigenvalue weighted by Gasteiger charge is 2.38. The summed E-state index contributed by atoms with van der Waals surface area (Å²) in [6.45, 7) is 6.99. The summed E-state index contributed by atoms with van der Waals surface area (Å²) in [6, 6.07) is 10.5. The zero-order chi connectivity index (χ0) is 17.9. The smallest absolute Gasteiger partial charge is 0.223 e. The number of hydrogen-bond donors (Lipinski definition) is 1. The summed E-state index contributed by atoms with van der Waals surface area (Å²) in [5.41, 5.74) is 1.33. The molecule has 0 bridgehead atoms. The third-order valence-electron chi connectivity index (χ3n) is 6.07. The van der Waals surface area contributed by atoms with Gasteiger partial charge in [0, 0.05) is 37.4 Å². The van der Waals surface area contributed by atoms with Gasteiger partial charge in [-0.25, -0.2) is 0 Å². The Labute approximate surface area is 151 Å². The molecule has 3 rings (SSSR count). The van der Waals surface area contributed by atoms with Crippen LogP contribution in [0, 0.1) is 11.8 Å². The fraction of sp³-hybridized carbons (Fsp3) is 0.619. The topological polar surface area (TPSA) is 49.4 Å². The first kappa shape index (κ1) is 18.1. The van der Waals surface area contributed by atoms with Gasteiger partial charge in [0.05, 0.1) is 0 Å². The molecule has 2 aliphatic rings. The molecule has 2 fully saturated rings. The van der Waals surface area contributed by atoms with E-state index in [-0.39, 0.29) is 23.3 Å². The van der Waals surface area contributed by atoms with Gasteiger partial charge in [-0.3, -0.25) is 14.5 Å². The molecule has 0 radical (unpaired) electrons. The van der Waals surface area contributed by atoms with E-state index in [1.807, 2.05) is 13.0 Å². The molecule has 1 aliphatic carbocycles. The SMILES string of the molecule is C[C@@H]1CC(=O)CC[C@@H]1C(=O)NC[C@]1(C)CCCN1Cc1ccccc1.